The van der Waals surface area contributed by atoms with Crippen LogP contribution in [0.1, 0.15) is 0 Å². The van der Waals surface area contributed by atoms with Crippen molar-refractivity contribution in [2.75, 3.05) is 11.9 Å². The number of hydrogen-bond acceptors (Lipinski definition) is 1. The molecule has 5 heteroatoms. The highest BCUT2D eigenvalue weighted by molar-refractivity contribution is 6.35. The van der Waals surface area contributed by atoms with Gasteiger partial charge < -0.3 is 11.1 Å². The van der Waals surface area contributed by atoms with Crippen molar-refractivity contribution in [3.8, 4) is 0 Å². The van der Waals surface area contributed by atoms with Crippen molar-refractivity contribution in [2.45, 2.75) is 0 Å². The van der Waals surface area contributed by atoms with Crippen LogP contribution in [0.4, 0.5) is 5.69 Å². The van der Waals surface area contributed by atoms with Crippen LogP contribution >= 0.6 is 23.2 Å². The molecule has 0 saturated carbocycles. The van der Waals surface area contributed by atoms with Crippen molar-refractivity contribution in [2.24, 2.45) is 0 Å². The molecule has 0 heterocycles. The minimum absolute atomic E-state index is 0.169. The van der Waals surface area contributed by atoms with E-state index < -0.39 is 0 Å². The van der Waals surface area contributed by atoms with E-state index in [1.54, 1.807) is 18.2 Å². The summed E-state index contributed by atoms with van der Waals surface area (Å²) in [4.78, 5) is 11.0. The van der Waals surface area contributed by atoms with E-state index in [4.69, 9.17) is 23.2 Å². The molecule has 0 aliphatic rings. The fraction of sp³-hybridized carbons (Fsp3) is 0.125. The highest BCUT2D eigenvalue weighted by Gasteiger charge is 2.05. The third-order valence-electron chi connectivity index (χ3n) is 1.43. The van der Waals surface area contributed by atoms with E-state index in [9.17, 15) is 4.79 Å². The minimum Gasteiger partial charge on any atom is -0.350 e. The topological polar surface area (TPSA) is 56.7 Å². The number of rotatable bonds is 2. The molecule has 0 aliphatic carbocycles. The number of hydrogen-bond donors (Lipinski definition) is 2. The molecule has 1 amide bonds. The van der Waals surface area contributed by atoms with Crippen molar-refractivity contribution in [3.05, 3.63) is 28.2 Å². The lowest BCUT2D eigenvalue weighted by molar-refractivity contribution is -0.353. The summed E-state index contributed by atoms with van der Waals surface area (Å²) in [5.74, 6) is -0.191. The average Bonchev–Trinajstić information content (AvgIpc) is 2.11. The van der Waals surface area contributed by atoms with Gasteiger partial charge in [-0.2, -0.15) is 0 Å². The molecule has 13 heavy (non-hydrogen) atoms. The van der Waals surface area contributed by atoms with Crippen LogP contribution in [-0.2, 0) is 4.79 Å². The molecular formula is C8H9Cl2N2O+. The first-order valence-electron chi connectivity index (χ1n) is 3.67. The lowest BCUT2D eigenvalue weighted by atomic mass is 10.3. The first-order valence-corrected chi connectivity index (χ1v) is 4.43. The van der Waals surface area contributed by atoms with Gasteiger partial charge in [-0.25, -0.2) is 0 Å². The smallest absolute Gasteiger partial charge is 0.279 e. The van der Waals surface area contributed by atoms with E-state index in [-0.39, 0.29) is 12.5 Å². The third-order valence-corrected chi connectivity index (χ3v) is 1.99. The number of anilines is 1. The highest BCUT2D eigenvalue weighted by atomic mass is 35.5. The molecule has 0 radical (unpaired) electrons. The van der Waals surface area contributed by atoms with Crippen LogP contribution in [0.5, 0.6) is 0 Å². The molecule has 0 atom stereocenters. The van der Waals surface area contributed by atoms with Gasteiger partial charge in [0.2, 0.25) is 0 Å². The van der Waals surface area contributed by atoms with Gasteiger partial charge in [0.1, 0.15) is 0 Å². The first-order chi connectivity index (χ1) is 6.13. The first kappa shape index (κ1) is 10.3. The second kappa shape index (κ2) is 4.46. The number of amides is 1. The van der Waals surface area contributed by atoms with Crippen LogP contribution in [0.15, 0.2) is 18.2 Å². The highest BCUT2D eigenvalue weighted by Crippen LogP contribution is 2.24. The van der Waals surface area contributed by atoms with Crippen LogP contribution in [0.2, 0.25) is 10.0 Å². The molecule has 1 aromatic rings. The Kier molecular flexibility index (Phi) is 3.54. The number of quaternary nitrogens is 1. The Labute approximate surface area is 85.8 Å². The van der Waals surface area contributed by atoms with Gasteiger partial charge in [-0.15, -0.1) is 0 Å². The summed E-state index contributed by atoms with van der Waals surface area (Å²) in [6, 6.07) is 4.88. The molecule has 3 nitrogen and oxygen atoms in total. The van der Waals surface area contributed by atoms with Crippen molar-refractivity contribution in [1.29, 1.82) is 0 Å². The van der Waals surface area contributed by atoms with Gasteiger partial charge in [0.25, 0.3) is 5.91 Å². The van der Waals surface area contributed by atoms with E-state index in [0.717, 1.165) is 0 Å². The van der Waals surface area contributed by atoms with E-state index in [0.29, 0.717) is 15.7 Å². The summed E-state index contributed by atoms with van der Waals surface area (Å²) in [5, 5.41) is 3.58. The quantitative estimate of drug-likeness (QED) is 0.772. The fourth-order valence-corrected chi connectivity index (χ4v) is 1.14. The predicted molar refractivity (Wildman–Crippen MR) is 52.8 cm³/mol. The lowest BCUT2D eigenvalue weighted by Gasteiger charge is -2.04. The summed E-state index contributed by atoms with van der Waals surface area (Å²) >= 11 is 11.5. The van der Waals surface area contributed by atoms with Gasteiger partial charge in [0.15, 0.2) is 6.54 Å². The Bertz CT molecular complexity index is 328. The van der Waals surface area contributed by atoms with Crippen LogP contribution in [0, 0.1) is 0 Å². The lowest BCUT2D eigenvalue weighted by Crippen LogP contribution is -2.55. The summed E-state index contributed by atoms with van der Waals surface area (Å²) < 4.78 is 0. The van der Waals surface area contributed by atoms with Gasteiger partial charge in [0.05, 0.1) is 10.7 Å². The summed E-state index contributed by atoms with van der Waals surface area (Å²) in [6.45, 7) is 0.169. The van der Waals surface area contributed by atoms with Gasteiger partial charge in [-0.05, 0) is 18.2 Å². The van der Waals surface area contributed by atoms with Crippen molar-refractivity contribution >= 4 is 34.8 Å². The van der Waals surface area contributed by atoms with Crippen LogP contribution in [0.25, 0.3) is 0 Å². The van der Waals surface area contributed by atoms with Gasteiger partial charge in [0, 0.05) is 5.02 Å². The Morgan fingerprint density at radius 3 is 2.77 bits per heavy atom. The number of benzene rings is 1. The fourth-order valence-electron chi connectivity index (χ4n) is 0.806. The van der Waals surface area contributed by atoms with Gasteiger partial charge in [-0.1, -0.05) is 23.2 Å². The van der Waals surface area contributed by atoms with Crippen LogP contribution < -0.4 is 11.1 Å². The van der Waals surface area contributed by atoms with E-state index >= 15 is 0 Å². The third kappa shape index (κ3) is 2.88. The largest absolute Gasteiger partial charge is 0.350 e. The zero-order valence-corrected chi connectivity index (χ0v) is 8.32. The number of halogens is 2. The molecule has 70 valence electrons. The second-order valence-electron chi connectivity index (χ2n) is 2.42. The molecule has 1 rings (SSSR count). The average molecular weight is 220 g/mol. The Morgan fingerprint density at radius 1 is 1.46 bits per heavy atom. The molecule has 0 unspecified atom stereocenters. The standard InChI is InChI=1S/C8H8Cl2N2O/c9-5-1-2-6(10)7(3-5)12-8(13)4-11/h1-3H,4,11H2,(H,12,13)/p+1. The summed E-state index contributed by atoms with van der Waals surface area (Å²) in [6.07, 6.45) is 0. The summed E-state index contributed by atoms with van der Waals surface area (Å²) in [7, 11) is 0. The molecule has 1 aromatic carbocycles. The van der Waals surface area contributed by atoms with E-state index in [1.807, 2.05) is 0 Å². The zero-order valence-electron chi connectivity index (χ0n) is 6.81. The molecular weight excluding hydrogens is 211 g/mol. The number of carbonyl (C=O) groups excluding carboxylic acids is 1. The SMILES string of the molecule is [NH3+]CC(=O)Nc1cc(Cl)ccc1Cl. The van der Waals surface area contributed by atoms with Crippen molar-refractivity contribution in [3.63, 3.8) is 0 Å². The maximum Gasteiger partial charge on any atom is 0.279 e. The monoisotopic (exact) mass is 219 g/mol. The zero-order chi connectivity index (χ0) is 9.84. The van der Waals surface area contributed by atoms with Crippen molar-refractivity contribution < 1.29 is 10.5 Å². The van der Waals surface area contributed by atoms with Crippen molar-refractivity contribution in [1.82, 2.24) is 0 Å². The molecule has 4 N–H and O–H groups in total. The molecule has 0 bridgehead atoms. The van der Waals surface area contributed by atoms with Gasteiger partial charge in [-0.3, -0.25) is 4.79 Å². The maximum atomic E-state index is 11.0. The normalized spacial score (nSPS) is 9.77. The molecule has 0 spiro atoms. The van der Waals surface area contributed by atoms with Crippen LogP contribution in [0.3, 0.4) is 0 Å². The summed E-state index contributed by atoms with van der Waals surface area (Å²) in [5.41, 5.74) is 3.96. The maximum absolute atomic E-state index is 11.0. The Hall–Kier alpha value is -0.770. The Balaban J connectivity index is 2.87. The molecule has 0 saturated heterocycles. The molecule has 0 aromatic heterocycles. The number of nitrogens with one attached hydrogen (secondary N) is 1. The Morgan fingerprint density at radius 2 is 2.15 bits per heavy atom. The van der Waals surface area contributed by atoms with Crippen LogP contribution in [-0.4, -0.2) is 12.5 Å². The predicted octanol–water partition coefficient (Wildman–Crippen LogP) is 1.17. The van der Waals surface area contributed by atoms with E-state index in [1.165, 1.54) is 0 Å². The van der Waals surface area contributed by atoms with Gasteiger partial charge >= 0.3 is 0 Å². The van der Waals surface area contributed by atoms with E-state index in [2.05, 4.69) is 11.1 Å². The number of carbonyl (C=O) groups is 1. The minimum atomic E-state index is -0.191. The molecule has 0 fully saturated rings. The second-order valence-corrected chi connectivity index (χ2v) is 3.27. The molecule has 0 aliphatic heterocycles.